The lowest BCUT2D eigenvalue weighted by Gasteiger charge is -2.14. The highest BCUT2D eigenvalue weighted by atomic mass is 15.3. The van der Waals surface area contributed by atoms with Gasteiger partial charge in [-0.1, -0.05) is 0 Å². The van der Waals surface area contributed by atoms with Gasteiger partial charge < -0.3 is 16.5 Å². The number of H-pyrrole nitrogens is 1. The number of nitrogens with zero attached hydrogens (tertiary/aromatic N) is 4. The van der Waals surface area contributed by atoms with E-state index in [2.05, 4.69) is 19.9 Å². The van der Waals surface area contributed by atoms with Crippen LogP contribution in [0.4, 0.5) is 23.7 Å². The number of rotatable bonds is 2. The van der Waals surface area contributed by atoms with Gasteiger partial charge in [-0.2, -0.15) is 15.0 Å². The summed E-state index contributed by atoms with van der Waals surface area (Å²) in [6.45, 7) is 0. The average Bonchev–Trinajstić information content (AvgIpc) is 2.67. The van der Waals surface area contributed by atoms with E-state index in [1.807, 2.05) is 12.1 Å². The Bertz CT molecular complexity index is 430. The van der Waals surface area contributed by atoms with Crippen LogP contribution in [0, 0.1) is 0 Å². The van der Waals surface area contributed by atoms with Gasteiger partial charge in [-0.15, -0.1) is 0 Å². The SMILES string of the molecule is CN(c1nc(N)nc(N)n1)c1ccc[nH]1. The first-order valence-electron chi connectivity index (χ1n) is 4.31. The zero-order chi connectivity index (χ0) is 10.8. The van der Waals surface area contributed by atoms with E-state index in [4.69, 9.17) is 11.5 Å². The average molecular weight is 205 g/mol. The summed E-state index contributed by atoms with van der Waals surface area (Å²) in [5.74, 6) is 1.47. The molecular formula is C8H11N7. The lowest BCUT2D eigenvalue weighted by Crippen LogP contribution is -2.16. The number of aromatic amines is 1. The summed E-state index contributed by atoms with van der Waals surface area (Å²) in [6, 6.07) is 3.76. The second-order valence-corrected chi connectivity index (χ2v) is 2.97. The van der Waals surface area contributed by atoms with Crippen LogP contribution in [0.1, 0.15) is 0 Å². The molecule has 0 aliphatic carbocycles. The molecule has 0 radical (unpaired) electrons. The van der Waals surface area contributed by atoms with Gasteiger partial charge in [0.05, 0.1) is 0 Å². The van der Waals surface area contributed by atoms with Gasteiger partial charge in [0, 0.05) is 13.2 Å². The van der Waals surface area contributed by atoms with Gasteiger partial charge in [-0.05, 0) is 12.1 Å². The van der Waals surface area contributed by atoms with E-state index in [-0.39, 0.29) is 11.9 Å². The van der Waals surface area contributed by atoms with Crippen LogP contribution in [0.5, 0.6) is 0 Å². The van der Waals surface area contributed by atoms with Crippen molar-refractivity contribution in [1.82, 2.24) is 19.9 Å². The molecule has 5 N–H and O–H groups in total. The molecule has 15 heavy (non-hydrogen) atoms. The van der Waals surface area contributed by atoms with Gasteiger partial charge in [0.2, 0.25) is 17.8 Å². The van der Waals surface area contributed by atoms with Gasteiger partial charge >= 0.3 is 0 Å². The molecule has 0 unspecified atom stereocenters. The van der Waals surface area contributed by atoms with Crippen LogP contribution in [0.25, 0.3) is 0 Å². The van der Waals surface area contributed by atoms with E-state index < -0.39 is 0 Å². The maximum atomic E-state index is 5.47. The first kappa shape index (κ1) is 9.25. The van der Waals surface area contributed by atoms with Crippen LogP contribution >= 0.6 is 0 Å². The molecular weight excluding hydrogens is 194 g/mol. The molecule has 2 aromatic heterocycles. The predicted molar refractivity (Wildman–Crippen MR) is 57.5 cm³/mol. The molecule has 7 heteroatoms. The Kier molecular flexibility index (Phi) is 2.13. The Hall–Kier alpha value is -2.31. The molecule has 0 atom stereocenters. The maximum absolute atomic E-state index is 5.47. The number of nitrogens with two attached hydrogens (primary N) is 2. The minimum Gasteiger partial charge on any atom is -0.368 e. The molecule has 0 fully saturated rings. The van der Waals surface area contributed by atoms with E-state index in [1.54, 1.807) is 18.1 Å². The molecule has 78 valence electrons. The monoisotopic (exact) mass is 205 g/mol. The summed E-state index contributed by atoms with van der Waals surface area (Å²) in [7, 11) is 1.81. The third kappa shape index (κ3) is 1.80. The van der Waals surface area contributed by atoms with E-state index in [1.165, 1.54) is 0 Å². The van der Waals surface area contributed by atoms with Crippen LogP contribution in [0.2, 0.25) is 0 Å². The topological polar surface area (TPSA) is 110 Å². The van der Waals surface area contributed by atoms with Crippen molar-refractivity contribution in [2.24, 2.45) is 0 Å². The summed E-state index contributed by atoms with van der Waals surface area (Å²) >= 11 is 0. The third-order valence-electron chi connectivity index (χ3n) is 1.90. The Labute approximate surface area is 86.2 Å². The van der Waals surface area contributed by atoms with Crippen LogP contribution in [0.15, 0.2) is 18.3 Å². The fourth-order valence-corrected chi connectivity index (χ4v) is 1.18. The standard InChI is InChI=1S/C8H11N7/c1-15(5-3-2-4-11-5)8-13-6(9)12-7(10)14-8/h2-4,11H,1H3,(H4,9,10,12,13,14). The van der Waals surface area contributed by atoms with Crippen molar-refractivity contribution in [3.05, 3.63) is 18.3 Å². The van der Waals surface area contributed by atoms with E-state index in [9.17, 15) is 0 Å². The molecule has 0 spiro atoms. The fraction of sp³-hybridized carbons (Fsp3) is 0.125. The summed E-state index contributed by atoms with van der Waals surface area (Å²) in [4.78, 5) is 16.4. The first-order valence-corrected chi connectivity index (χ1v) is 4.31. The Morgan fingerprint density at radius 1 is 1.20 bits per heavy atom. The highest BCUT2D eigenvalue weighted by molar-refractivity contribution is 5.53. The molecule has 7 nitrogen and oxygen atoms in total. The van der Waals surface area contributed by atoms with Crippen molar-refractivity contribution < 1.29 is 0 Å². The van der Waals surface area contributed by atoms with Crippen LogP contribution < -0.4 is 16.4 Å². The first-order chi connectivity index (χ1) is 7.16. The van der Waals surface area contributed by atoms with Crippen LogP contribution in [0.3, 0.4) is 0 Å². The summed E-state index contributed by atoms with van der Waals surface area (Å²) in [5.41, 5.74) is 10.9. The normalized spacial score (nSPS) is 10.2. The van der Waals surface area contributed by atoms with Crippen molar-refractivity contribution in [2.45, 2.75) is 0 Å². The Morgan fingerprint density at radius 2 is 1.87 bits per heavy atom. The third-order valence-corrected chi connectivity index (χ3v) is 1.90. The van der Waals surface area contributed by atoms with Gasteiger partial charge in [0.15, 0.2) is 0 Å². The lowest BCUT2D eigenvalue weighted by atomic mass is 10.5. The summed E-state index contributed by atoms with van der Waals surface area (Å²) in [6.07, 6.45) is 1.81. The molecule has 0 saturated carbocycles. The molecule has 2 heterocycles. The molecule has 2 rings (SSSR count). The summed E-state index contributed by atoms with van der Waals surface area (Å²) < 4.78 is 0. The van der Waals surface area contributed by atoms with Crippen molar-refractivity contribution in [2.75, 3.05) is 23.4 Å². The number of hydrogen-bond donors (Lipinski definition) is 3. The van der Waals surface area contributed by atoms with E-state index in [0.717, 1.165) is 5.82 Å². The quantitative estimate of drug-likeness (QED) is 0.643. The van der Waals surface area contributed by atoms with Gasteiger partial charge in [-0.3, -0.25) is 4.90 Å². The van der Waals surface area contributed by atoms with Crippen molar-refractivity contribution in [3.63, 3.8) is 0 Å². The van der Waals surface area contributed by atoms with Crippen LogP contribution in [-0.2, 0) is 0 Å². The Morgan fingerprint density at radius 3 is 2.40 bits per heavy atom. The zero-order valence-electron chi connectivity index (χ0n) is 8.18. The maximum Gasteiger partial charge on any atom is 0.237 e. The van der Waals surface area contributed by atoms with Gasteiger partial charge in [0.1, 0.15) is 5.82 Å². The summed E-state index contributed by atoms with van der Waals surface area (Å²) in [5, 5.41) is 0. The molecule has 0 aromatic carbocycles. The van der Waals surface area contributed by atoms with Crippen LogP contribution in [-0.4, -0.2) is 27.0 Å². The number of aromatic nitrogens is 4. The van der Waals surface area contributed by atoms with Crippen molar-refractivity contribution >= 4 is 23.7 Å². The molecule has 0 aliphatic rings. The molecule has 0 bridgehead atoms. The molecule has 0 saturated heterocycles. The number of hydrogen-bond acceptors (Lipinski definition) is 6. The second-order valence-electron chi connectivity index (χ2n) is 2.97. The van der Waals surface area contributed by atoms with E-state index in [0.29, 0.717) is 5.95 Å². The molecule has 0 amide bonds. The number of anilines is 4. The lowest BCUT2D eigenvalue weighted by molar-refractivity contribution is 0.993. The molecule has 2 aromatic rings. The minimum absolute atomic E-state index is 0.107. The van der Waals surface area contributed by atoms with Crippen molar-refractivity contribution in [1.29, 1.82) is 0 Å². The van der Waals surface area contributed by atoms with E-state index >= 15 is 0 Å². The predicted octanol–water partition coefficient (Wildman–Crippen LogP) is 0.132. The largest absolute Gasteiger partial charge is 0.368 e. The highest BCUT2D eigenvalue weighted by Gasteiger charge is 2.09. The number of nitrogens with one attached hydrogen (secondary N) is 1. The van der Waals surface area contributed by atoms with Gasteiger partial charge in [-0.25, -0.2) is 0 Å². The highest BCUT2D eigenvalue weighted by Crippen LogP contribution is 2.17. The van der Waals surface area contributed by atoms with Crippen molar-refractivity contribution in [3.8, 4) is 0 Å². The second kappa shape index (κ2) is 3.45. The fourth-order valence-electron chi connectivity index (χ4n) is 1.18. The minimum atomic E-state index is 0.107. The Balaban J connectivity index is 2.37. The zero-order valence-corrected chi connectivity index (χ0v) is 8.18. The number of nitrogen functional groups attached to an aromatic ring is 2. The smallest absolute Gasteiger partial charge is 0.237 e. The van der Waals surface area contributed by atoms with Gasteiger partial charge in [0.25, 0.3) is 0 Å². The molecule has 0 aliphatic heterocycles.